The number of nitrogens with zero attached hydrogens (tertiary/aromatic N) is 1. The number of allylic oxidation sites excluding steroid dienone is 3. The van der Waals surface area contributed by atoms with Crippen LogP contribution in [0.4, 0.5) is 0 Å². The van der Waals surface area contributed by atoms with Crippen molar-refractivity contribution in [2.24, 2.45) is 0 Å². The highest BCUT2D eigenvalue weighted by atomic mass is 127. The molecule has 0 aromatic rings. The first kappa shape index (κ1) is 8.93. The molecule has 2 N–H and O–H groups in total. The second-order valence-corrected chi connectivity index (χ2v) is 1.92. The molecule has 0 atom stereocenters. The van der Waals surface area contributed by atoms with E-state index in [-0.39, 0.29) is 0 Å². The second kappa shape index (κ2) is 4.78. The van der Waals surface area contributed by atoms with E-state index in [0.29, 0.717) is 5.70 Å². The maximum Gasteiger partial charge on any atom is 0.0571 e. The molecule has 0 aliphatic heterocycles. The molecule has 0 aliphatic carbocycles. The van der Waals surface area contributed by atoms with Crippen LogP contribution in [0, 0.1) is 0 Å². The Morgan fingerprint density at radius 3 is 2.78 bits per heavy atom. The average molecular weight is 240 g/mol. The van der Waals surface area contributed by atoms with Crippen LogP contribution < -0.4 is 3.64 Å². The lowest BCUT2D eigenvalue weighted by Gasteiger charge is -2.12. The van der Waals surface area contributed by atoms with E-state index in [0.717, 1.165) is 5.17 Å². The van der Waals surface area contributed by atoms with Crippen molar-refractivity contribution in [3.8, 4) is 0 Å². The second-order valence-electron chi connectivity index (χ2n) is 1.44. The number of halogens is 1. The fourth-order valence-corrected chi connectivity index (χ4v) is 0.688. The summed E-state index contributed by atoms with van der Waals surface area (Å²) in [7, 11) is 0. The van der Waals surface area contributed by atoms with Crippen molar-refractivity contribution in [1.82, 2.24) is 8.81 Å². The van der Waals surface area contributed by atoms with E-state index in [1.807, 2.05) is 22.9 Å². The van der Waals surface area contributed by atoms with Gasteiger partial charge in [-0.05, 0) is 13.0 Å². The number of hydrazine groups is 1. The van der Waals surface area contributed by atoms with Crippen LogP contribution in [0.5, 0.6) is 0 Å². The molecule has 52 valence electrons. The predicted molar refractivity (Wildman–Crippen MR) is 44.7 cm³/mol. The fraction of sp³-hybridized carbons (Fsp3) is 0.200. The highest BCUT2D eigenvalue weighted by Crippen LogP contribution is 1.96. The lowest BCUT2D eigenvalue weighted by atomic mass is 10.4. The zero-order chi connectivity index (χ0) is 7.28. The normalized spacial score (nSPS) is 11.2. The van der Waals surface area contributed by atoms with E-state index < -0.39 is 0 Å². The van der Waals surface area contributed by atoms with E-state index in [4.69, 9.17) is 5.21 Å². The van der Waals surface area contributed by atoms with E-state index >= 15 is 0 Å². The minimum absolute atomic E-state index is 0.694. The van der Waals surface area contributed by atoms with Crippen LogP contribution in [0.25, 0.3) is 0 Å². The molecule has 0 rings (SSSR count). The Balaban J connectivity index is 3.84. The third-order valence-corrected chi connectivity index (χ3v) is 1.23. The standard InChI is InChI=1S/C5H9IN2O/c1-3-4-5(2)8(9)7-6/h3-4,7,9H,1H2,2H3/b5-4+. The highest BCUT2D eigenvalue weighted by molar-refractivity contribution is 14.1. The molecule has 0 spiro atoms. The summed E-state index contributed by atoms with van der Waals surface area (Å²) in [6.07, 6.45) is 3.29. The summed E-state index contributed by atoms with van der Waals surface area (Å²) in [4.78, 5) is 0. The van der Waals surface area contributed by atoms with Gasteiger partial charge in [-0.2, -0.15) is 5.17 Å². The summed E-state index contributed by atoms with van der Waals surface area (Å²) in [5, 5.41) is 9.76. The molecule has 0 saturated carbocycles. The van der Waals surface area contributed by atoms with E-state index in [1.165, 1.54) is 0 Å². The SMILES string of the molecule is C=C/C=C(\C)N(O)NI. The first-order valence-electron chi connectivity index (χ1n) is 2.37. The Kier molecular flexibility index (Phi) is 4.74. The van der Waals surface area contributed by atoms with Gasteiger partial charge >= 0.3 is 0 Å². The molecule has 0 radical (unpaired) electrons. The number of hydrogen-bond acceptors (Lipinski definition) is 3. The van der Waals surface area contributed by atoms with Gasteiger partial charge in [-0.1, -0.05) is 12.7 Å². The molecule has 9 heavy (non-hydrogen) atoms. The topological polar surface area (TPSA) is 35.5 Å². The molecule has 0 bridgehead atoms. The first-order chi connectivity index (χ1) is 4.22. The van der Waals surface area contributed by atoms with Crippen molar-refractivity contribution in [2.45, 2.75) is 6.92 Å². The van der Waals surface area contributed by atoms with E-state index in [2.05, 4.69) is 10.2 Å². The quantitative estimate of drug-likeness (QED) is 0.340. The maximum atomic E-state index is 8.86. The van der Waals surface area contributed by atoms with Gasteiger partial charge < -0.3 is 0 Å². The smallest absolute Gasteiger partial charge is 0.0571 e. The molecular weight excluding hydrogens is 231 g/mol. The van der Waals surface area contributed by atoms with Crippen LogP contribution in [0.15, 0.2) is 24.4 Å². The largest absolute Gasteiger partial charge is 0.273 e. The number of hydrogen-bond donors (Lipinski definition) is 2. The van der Waals surface area contributed by atoms with E-state index in [9.17, 15) is 0 Å². The molecule has 4 heteroatoms. The Morgan fingerprint density at radius 1 is 1.89 bits per heavy atom. The lowest BCUT2D eigenvalue weighted by Crippen LogP contribution is -2.24. The predicted octanol–water partition coefficient (Wildman–Crippen LogP) is 1.62. The summed E-state index contributed by atoms with van der Waals surface area (Å²) in [6.45, 7) is 5.23. The van der Waals surface area contributed by atoms with Gasteiger partial charge in [0.25, 0.3) is 0 Å². The first-order valence-corrected chi connectivity index (χ1v) is 3.45. The Bertz CT molecular complexity index is 124. The van der Waals surface area contributed by atoms with Crippen LogP contribution >= 0.6 is 22.9 Å². The van der Waals surface area contributed by atoms with Crippen molar-refractivity contribution < 1.29 is 5.21 Å². The zero-order valence-electron chi connectivity index (χ0n) is 5.13. The zero-order valence-corrected chi connectivity index (χ0v) is 7.29. The van der Waals surface area contributed by atoms with Gasteiger partial charge in [0.15, 0.2) is 0 Å². The van der Waals surface area contributed by atoms with Crippen LogP contribution in [0.1, 0.15) is 6.92 Å². The molecule has 3 nitrogen and oxygen atoms in total. The lowest BCUT2D eigenvalue weighted by molar-refractivity contribution is -0.0689. The van der Waals surface area contributed by atoms with Gasteiger partial charge in [-0.15, -0.1) is 3.64 Å². The Labute approximate surface area is 68.5 Å². The molecule has 0 fully saturated rings. The number of hydroxylamine groups is 1. The van der Waals surface area contributed by atoms with Gasteiger partial charge in [-0.3, -0.25) is 5.21 Å². The molecule has 0 unspecified atom stereocenters. The van der Waals surface area contributed by atoms with Crippen molar-refractivity contribution in [2.75, 3.05) is 0 Å². The van der Waals surface area contributed by atoms with Crippen molar-refractivity contribution >= 4 is 22.9 Å². The summed E-state index contributed by atoms with van der Waals surface area (Å²) in [5.74, 6) is 0. The molecule has 0 amide bonds. The third-order valence-electron chi connectivity index (χ3n) is 0.773. The minimum atomic E-state index is 0.694. The monoisotopic (exact) mass is 240 g/mol. The molecule has 0 saturated heterocycles. The van der Waals surface area contributed by atoms with Gasteiger partial charge in [-0.25, -0.2) is 0 Å². The molecule has 0 heterocycles. The molecule has 0 aromatic heterocycles. The van der Waals surface area contributed by atoms with Crippen LogP contribution in [-0.4, -0.2) is 10.4 Å². The molecule has 0 aromatic carbocycles. The summed E-state index contributed by atoms with van der Waals surface area (Å²) < 4.78 is 2.49. The summed E-state index contributed by atoms with van der Waals surface area (Å²) in [5.41, 5.74) is 0.694. The maximum absolute atomic E-state index is 8.86. The van der Waals surface area contributed by atoms with Crippen molar-refractivity contribution in [3.63, 3.8) is 0 Å². The third kappa shape index (κ3) is 3.50. The molecule has 0 aliphatic rings. The highest BCUT2D eigenvalue weighted by Gasteiger charge is 1.93. The summed E-state index contributed by atoms with van der Waals surface area (Å²) in [6, 6.07) is 0. The summed E-state index contributed by atoms with van der Waals surface area (Å²) >= 11 is 1.82. The van der Waals surface area contributed by atoms with Crippen molar-refractivity contribution in [1.29, 1.82) is 0 Å². The van der Waals surface area contributed by atoms with Crippen LogP contribution in [-0.2, 0) is 0 Å². The van der Waals surface area contributed by atoms with E-state index in [1.54, 1.807) is 19.1 Å². The number of rotatable bonds is 3. The Morgan fingerprint density at radius 2 is 2.44 bits per heavy atom. The number of nitrogens with one attached hydrogen (secondary N) is 1. The fourth-order valence-electron chi connectivity index (χ4n) is 0.308. The van der Waals surface area contributed by atoms with Gasteiger partial charge in [0.05, 0.1) is 5.70 Å². The Hall–Kier alpha value is -0.0700. The molecular formula is C5H9IN2O. The van der Waals surface area contributed by atoms with Crippen LogP contribution in [0.3, 0.4) is 0 Å². The van der Waals surface area contributed by atoms with Gasteiger partial charge in [0.2, 0.25) is 0 Å². The average Bonchev–Trinajstić information content (AvgIpc) is 1.87. The van der Waals surface area contributed by atoms with Gasteiger partial charge in [0.1, 0.15) is 0 Å². The van der Waals surface area contributed by atoms with Crippen molar-refractivity contribution in [3.05, 3.63) is 24.4 Å². The minimum Gasteiger partial charge on any atom is -0.273 e. The van der Waals surface area contributed by atoms with Crippen LogP contribution in [0.2, 0.25) is 0 Å². The van der Waals surface area contributed by atoms with Gasteiger partial charge in [0, 0.05) is 22.9 Å².